The first-order valence-corrected chi connectivity index (χ1v) is 4.29. The summed E-state index contributed by atoms with van der Waals surface area (Å²) in [5.74, 6) is 1.14. The Bertz CT molecular complexity index is 75.5. The Balaban J connectivity index is 1.80. The molecule has 0 bridgehead atoms. The summed E-state index contributed by atoms with van der Waals surface area (Å²) in [7, 11) is 1.75. The lowest BCUT2D eigenvalue weighted by molar-refractivity contribution is 0.218. The Hall–Kier alpha value is 0.270. The Kier molecular flexibility index (Phi) is 3.40. The van der Waals surface area contributed by atoms with Crippen LogP contribution in [0, 0.1) is 0 Å². The molecule has 1 rings (SSSR count). The van der Waals surface area contributed by atoms with Crippen LogP contribution < -0.4 is 5.32 Å². The molecule has 54 valence electrons. The fourth-order valence-corrected chi connectivity index (χ4v) is 1.75. The largest absolute Gasteiger partial charge is 0.384 e. The summed E-state index contributed by atoms with van der Waals surface area (Å²) in [6.07, 6.45) is 0. The molecular weight excluding hydrogens is 134 g/mol. The Morgan fingerprint density at radius 2 is 2.44 bits per heavy atom. The Labute approximate surface area is 60.3 Å². The minimum atomic E-state index is 0.861. The van der Waals surface area contributed by atoms with Crippen molar-refractivity contribution in [3.8, 4) is 0 Å². The molecule has 1 heterocycles. The number of methoxy groups -OCH3 is 1. The molecule has 1 aliphatic rings. The van der Waals surface area contributed by atoms with Crippen molar-refractivity contribution >= 4 is 11.8 Å². The van der Waals surface area contributed by atoms with E-state index in [1.54, 1.807) is 7.11 Å². The SMILES string of the molecule is COCCSC1CNC1. The van der Waals surface area contributed by atoms with Crippen LogP contribution in [0.15, 0.2) is 0 Å². The van der Waals surface area contributed by atoms with E-state index in [0.717, 1.165) is 17.6 Å². The van der Waals surface area contributed by atoms with E-state index in [0.29, 0.717) is 0 Å². The van der Waals surface area contributed by atoms with E-state index in [2.05, 4.69) is 5.32 Å². The third kappa shape index (κ3) is 2.56. The predicted octanol–water partition coefficient (Wildman–Crippen LogP) is 0.338. The van der Waals surface area contributed by atoms with Gasteiger partial charge in [0.15, 0.2) is 0 Å². The molecule has 0 atom stereocenters. The highest BCUT2D eigenvalue weighted by Gasteiger charge is 2.15. The lowest BCUT2D eigenvalue weighted by Crippen LogP contribution is -2.44. The van der Waals surface area contributed by atoms with Gasteiger partial charge in [-0.2, -0.15) is 11.8 Å². The van der Waals surface area contributed by atoms with Gasteiger partial charge >= 0.3 is 0 Å². The minimum absolute atomic E-state index is 0.861. The number of thioether (sulfide) groups is 1. The zero-order chi connectivity index (χ0) is 6.53. The van der Waals surface area contributed by atoms with Crippen molar-refractivity contribution in [2.45, 2.75) is 5.25 Å². The molecule has 1 fully saturated rings. The van der Waals surface area contributed by atoms with E-state index < -0.39 is 0 Å². The van der Waals surface area contributed by atoms with E-state index >= 15 is 0 Å². The summed E-state index contributed by atoms with van der Waals surface area (Å²) < 4.78 is 4.92. The number of hydrogen-bond acceptors (Lipinski definition) is 3. The molecule has 1 aliphatic heterocycles. The average Bonchev–Trinajstić information content (AvgIpc) is 1.76. The van der Waals surface area contributed by atoms with Crippen LogP contribution in [0.4, 0.5) is 0 Å². The van der Waals surface area contributed by atoms with Gasteiger partial charge in [-0.25, -0.2) is 0 Å². The molecule has 9 heavy (non-hydrogen) atoms. The maximum absolute atomic E-state index is 4.92. The maximum atomic E-state index is 4.92. The summed E-state index contributed by atoms with van der Waals surface area (Å²) >= 11 is 2.00. The fourth-order valence-electron chi connectivity index (χ4n) is 0.678. The van der Waals surface area contributed by atoms with Gasteiger partial charge in [0.1, 0.15) is 0 Å². The number of rotatable bonds is 4. The number of nitrogens with one attached hydrogen (secondary N) is 1. The summed E-state index contributed by atoms with van der Waals surface area (Å²) in [5.41, 5.74) is 0. The molecule has 0 unspecified atom stereocenters. The van der Waals surface area contributed by atoms with Crippen LogP contribution in [-0.2, 0) is 4.74 Å². The Morgan fingerprint density at radius 1 is 1.67 bits per heavy atom. The van der Waals surface area contributed by atoms with Crippen LogP contribution in [-0.4, -0.2) is 37.8 Å². The second-order valence-corrected chi connectivity index (χ2v) is 3.55. The minimum Gasteiger partial charge on any atom is -0.384 e. The van der Waals surface area contributed by atoms with Crippen molar-refractivity contribution in [2.75, 3.05) is 32.6 Å². The zero-order valence-corrected chi connectivity index (χ0v) is 6.54. The lowest BCUT2D eigenvalue weighted by Gasteiger charge is -2.26. The van der Waals surface area contributed by atoms with Gasteiger partial charge in [-0.1, -0.05) is 0 Å². The van der Waals surface area contributed by atoms with Crippen LogP contribution in [0.3, 0.4) is 0 Å². The summed E-state index contributed by atoms with van der Waals surface area (Å²) in [4.78, 5) is 0. The third-order valence-electron chi connectivity index (χ3n) is 1.39. The van der Waals surface area contributed by atoms with Gasteiger partial charge in [-0.15, -0.1) is 0 Å². The van der Waals surface area contributed by atoms with Gasteiger partial charge in [0.25, 0.3) is 0 Å². The second kappa shape index (κ2) is 4.14. The first-order chi connectivity index (χ1) is 4.43. The maximum Gasteiger partial charge on any atom is 0.0553 e. The molecule has 0 amide bonds. The first kappa shape index (κ1) is 7.38. The van der Waals surface area contributed by atoms with Crippen LogP contribution >= 0.6 is 11.8 Å². The number of ether oxygens (including phenoxy) is 1. The monoisotopic (exact) mass is 147 g/mol. The molecular formula is C6H13NOS. The van der Waals surface area contributed by atoms with E-state index in [1.807, 2.05) is 11.8 Å². The van der Waals surface area contributed by atoms with Crippen LogP contribution in [0.1, 0.15) is 0 Å². The first-order valence-electron chi connectivity index (χ1n) is 3.24. The molecule has 1 saturated heterocycles. The van der Waals surface area contributed by atoms with Crippen LogP contribution in [0.2, 0.25) is 0 Å². The van der Waals surface area contributed by atoms with Crippen molar-refractivity contribution < 1.29 is 4.74 Å². The van der Waals surface area contributed by atoms with Gasteiger partial charge in [0.05, 0.1) is 6.61 Å². The molecule has 0 aromatic rings. The highest BCUT2D eigenvalue weighted by molar-refractivity contribution is 8.00. The van der Waals surface area contributed by atoms with Gasteiger partial charge in [-0.3, -0.25) is 0 Å². The van der Waals surface area contributed by atoms with Crippen LogP contribution in [0.5, 0.6) is 0 Å². The summed E-state index contributed by atoms with van der Waals surface area (Å²) in [6.45, 7) is 3.27. The quantitative estimate of drug-likeness (QED) is 0.579. The highest BCUT2D eigenvalue weighted by Crippen LogP contribution is 2.13. The molecule has 1 N–H and O–H groups in total. The molecule has 0 spiro atoms. The summed E-state index contributed by atoms with van der Waals surface area (Å²) in [5, 5.41) is 4.09. The molecule has 2 nitrogen and oxygen atoms in total. The van der Waals surface area contributed by atoms with Crippen molar-refractivity contribution in [1.29, 1.82) is 0 Å². The standard InChI is InChI=1S/C6H13NOS/c1-8-2-3-9-6-4-7-5-6/h6-7H,2-5H2,1H3. The fraction of sp³-hybridized carbons (Fsp3) is 1.00. The van der Waals surface area contributed by atoms with Crippen molar-refractivity contribution in [1.82, 2.24) is 5.32 Å². The second-order valence-electron chi connectivity index (χ2n) is 2.14. The topological polar surface area (TPSA) is 21.3 Å². The highest BCUT2D eigenvalue weighted by atomic mass is 32.2. The van der Waals surface area contributed by atoms with Gasteiger partial charge in [-0.05, 0) is 0 Å². The van der Waals surface area contributed by atoms with E-state index in [1.165, 1.54) is 13.1 Å². The third-order valence-corrected chi connectivity index (χ3v) is 2.59. The molecule has 0 aromatic carbocycles. The number of hydrogen-bond donors (Lipinski definition) is 1. The van der Waals surface area contributed by atoms with E-state index in [4.69, 9.17) is 4.74 Å². The van der Waals surface area contributed by atoms with E-state index in [-0.39, 0.29) is 0 Å². The van der Waals surface area contributed by atoms with Gasteiger partial charge in [0.2, 0.25) is 0 Å². The van der Waals surface area contributed by atoms with Gasteiger partial charge < -0.3 is 10.1 Å². The smallest absolute Gasteiger partial charge is 0.0553 e. The van der Waals surface area contributed by atoms with Crippen molar-refractivity contribution in [2.24, 2.45) is 0 Å². The molecule has 0 saturated carbocycles. The normalized spacial score (nSPS) is 19.7. The molecule has 0 aliphatic carbocycles. The lowest BCUT2D eigenvalue weighted by atomic mass is 10.3. The molecule has 0 aromatic heterocycles. The van der Waals surface area contributed by atoms with E-state index in [9.17, 15) is 0 Å². The summed E-state index contributed by atoms with van der Waals surface area (Å²) in [6, 6.07) is 0. The van der Waals surface area contributed by atoms with Crippen molar-refractivity contribution in [3.05, 3.63) is 0 Å². The van der Waals surface area contributed by atoms with Crippen LogP contribution in [0.25, 0.3) is 0 Å². The molecule has 0 radical (unpaired) electrons. The zero-order valence-electron chi connectivity index (χ0n) is 5.72. The van der Waals surface area contributed by atoms with Gasteiger partial charge in [0, 0.05) is 31.2 Å². The van der Waals surface area contributed by atoms with Crippen molar-refractivity contribution in [3.63, 3.8) is 0 Å². The Morgan fingerprint density at radius 3 is 2.89 bits per heavy atom. The predicted molar refractivity (Wildman–Crippen MR) is 41.0 cm³/mol. The average molecular weight is 147 g/mol. The molecule has 3 heteroatoms.